The Morgan fingerprint density at radius 1 is 0.541 bits per heavy atom. The lowest BCUT2D eigenvalue weighted by atomic mass is 10.2. The molecule has 31 heteroatoms. The minimum atomic E-state index is -4.67. The number of aromatic carboxylic acids is 3. The first kappa shape index (κ1) is 76.4. The van der Waals surface area contributed by atoms with E-state index in [2.05, 4.69) is 15.9 Å². The molecule has 0 aromatic heterocycles. The van der Waals surface area contributed by atoms with Crippen LogP contribution in [-0.4, -0.2) is 107 Å². The zero-order valence-corrected chi connectivity index (χ0v) is 39.1. The Balaban J connectivity index is -0.000000188. The first-order valence-electron chi connectivity index (χ1n) is 17.7. The van der Waals surface area contributed by atoms with Crippen LogP contribution in [0.2, 0.25) is 0 Å². The number of methoxy groups -OCH3 is 5. The molecule has 0 fully saturated rings. The maximum Gasteiger partial charge on any atom is 0.394 e. The van der Waals surface area contributed by atoms with Crippen LogP contribution >= 0.6 is 15.9 Å². The van der Waals surface area contributed by atoms with Crippen LogP contribution in [0.4, 0.5) is 34.1 Å². The van der Waals surface area contributed by atoms with Crippen molar-refractivity contribution in [2.24, 2.45) is 0 Å². The molecule has 0 bridgehead atoms. The van der Waals surface area contributed by atoms with Crippen molar-refractivity contribution >= 4 is 78.4 Å². The van der Waals surface area contributed by atoms with Crippen LogP contribution in [0.3, 0.4) is 0 Å². The molecule has 5 aromatic rings. The second-order valence-corrected chi connectivity index (χ2v) is 13.7. The van der Waals surface area contributed by atoms with Crippen LogP contribution < -0.4 is 40.9 Å². The van der Waals surface area contributed by atoms with Gasteiger partial charge < -0.3 is 61.7 Å². The van der Waals surface area contributed by atoms with E-state index < -0.39 is 48.8 Å². The van der Waals surface area contributed by atoms with Gasteiger partial charge in [0.05, 0.1) is 84.1 Å². The molecule has 0 saturated carbocycles. The lowest BCUT2D eigenvalue weighted by Crippen LogP contribution is -2.02. The van der Waals surface area contributed by atoms with Gasteiger partial charge in [0.2, 0.25) is 0 Å². The largest absolute Gasteiger partial charge is 0.497 e. The molecule has 0 aliphatic rings. The fourth-order valence-electron chi connectivity index (χ4n) is 4.44. The van der Waals surface area contributed by atoms with E-state index in [-0.39, 0.29) is 91.6 Å². The molecule has 0 spiro atoms. The van der Waals surface area contributed by atoms with Crippen LogP contribution in [0.5, 0.6) is 28.7 Å². The lowest BCUT2D eigenvalue weighted by Gasteiger charge is -2.06. The molecule has 0 saturated heterocycles. The first-order valence-corrected chi connectivity index (χ1v) is 19.9. The van der Waals surface area contributed by atoms with Gasteiger partial charge in [-0.2, -0.15) is 13.7 Å². The molecule has 0 atom stereocenters. The molecule has 5 rings (SSSR count). The van der Waals surface area contributed by atoms with Gasteiger partial charge in [-0.1, -0.05) is 29.7 Å². The van der Waals surface area contributed by atoms with Gasteiger partial charge in [-0.05, 0) is 70.5 Å². The highest BCUT2D eigenvalue weighted by Crippen LogP contribution is 2.30. The summed E-state index contributed by atoms with van der Waals surface area (Å²) in [6.45, 7) is 0. The molecular weight excluding hydrogens is 1080 g/mol. The molecule has 13 N–H and O–H groups in total. The van der Waals surface area contributed by atoms with Crippen molar-refractivity contribution in [3.05, 3.63) is 142 Å². The molecule has 0 heterocycles. The van der Waals surface area contributed by atoms with E-state index in [0.29, 0.717) is 27.5 Å². The Morgan fingerprint density at radius 3 is 1.23 bits per heavy atom. The number of halogens is 1. The lowest BCUT2D eigenvalue weighted by molar-refractivity contribution is -0.385. The zero-order chi connectivity index (χ0) is 53.3. The zero-order valence-electron chi connectivity index (χ0n) is 36.7. The van der Waals surface area contributed by atoms with Crippen molar-refractivity contribution in [3.63, 3.8) is 0 Å². The Labute approximate surface area is 432 Å². The fourth-order valence-corrected chi connectivity index (χ4v) is 4.94. The number of nitrogens with two attached hydrogens (primary N) is 3. The van der Waals surface area contributed by atoms with Crippen molar-refractivity contribution in [3.8, 4) is 34.8 Å². The van der Waals surface area contributed by atoms with Crippen molar-refractivity contribution in [2.45, 2.75) is 29.7 Å². The van der Waals surface area contributed by atoms with Crippen molar-refractivity contribution in [2.75, 3.05) is 52.7 Å². The van der Waals surface area contributed by atoms with E-state index in [1.165, 1.54) is 96.2 Å². The van der Waals surface area contributed by atoms with Crippen LogP contribution in [0.1, 0.15) is 66.3 Å². The second-order valence-electron chi connectivity index (χ2n) is 12.0. The van der Waals surface area contributed by atoms with Crippen molar-refractivity contribution in [1.82, 2.24) is 0 Å². The normalized spacial score (nSPS) is 8.91. The summed E-state index contributed by atoms with van der Waals surface area (Å²) in [7, 11) is 2.51. The van der Waals surface area contributed by atoms with Gasteiger partial charge in [0.15, 0.2) is 0 Å². The summed E-state index contributed by atoms with van der Waals surface area (Å²) in [5.74, 6) is -1.31. The quantitative estimate of drug-likeness (QED) is 0.0271. The Kier molecular flexibility index (Phi) is 38.0. The number of nitro groups is 3. The molecule has 74 heavy (non-hydrogen) atoms. The number of rotatable bonds is 11. The Hall–Kier alpha value is -9.09. The number of anilines is 3. The maximum atomic E-state index is 10.6. The average molecular weight is 1140 g/mol. The SMILES string of the molecule is C.C.C.C.COc1cc(N)c(C(=O)O)cc1Br.COc1ccc(C#N)c([N+](=O)[O-])c1.COc1ccc(C(=O)O)c(N)c1.COc1ccc(C(=O)O)c([N+](=O)[O-])c1.COc1ccc(N)c([N+](=O)[O-])c1.O.O=S(=O)(O)O. The molecule has 0 amide bonds. The molecule has 5 aromatic carbocycles. The van der Waals surface area contributed by atoms with Gasteiger partial charge in [-0.3, -0.25) is 39.4 Å². The van der Waals surface area contributed by atoms with Crippen molar-refractivity contribution < 1.29 is 91.2 Å². The summed E-state index contributed by atoms with van der Waals surface area (Å²) in [5, 5.41) is 65.8. The predicted molar refractivity (Wildman–Crippen MR) is 276 cm³/mol. The Bertz CT molecular complexity index is 2800. The smallest absolute Gasteiger partial charge is 0.394 e. The van der Waals surface area contributed by atoms with Crippen LogP contribution in [0.25, 0.3) is 0 Å². The van der Waals surface area contributed by atoms with E-state index in [1.54, 1.807) is 18.2 Å². The minimum Gasteiger partial charge on any atom is -0.497 e. The highest BCUT2D eigenvalue weighted by atomic mass is 79.9. The summed E-state index contributed by atoms with van der Waals surface area (Å²) in [4.78, 5) is 61.1. The van der Waals surface area contributed by atoms with E-state index in [0.717, 1.165) is 12.1 Å². The number of nitriles is 1. The predicted octanol–water partition coefficient (Wildman–Crippen LogP) is 7.74. The van der Waals surface area contributed by atoms with Gasteiger partial charge in [-0.25, -0.2) is 14.4 Å². The minimum absolute atomic E-state index is 0. The van der Waals surface area contributed by atoms with Gasteiger partial charge in [-0.15, -0.1) is 0 Å². The third kappa shape index (κ3) is 26.8. The van der Waals surface area contributed by atoms with Gasteiger partial charge in [0, 0.05) is 23.5 Å². The maximum absolute atomic E-state index is 10.6. The van der Waals surface area contributed by atoms with E-state index in [4.69, 9.17) is 79.0 Å². The highest BCUT2D eigenvalue weighted by Gasteiger charge is 2.20. The molecule has 0 aliphatic carbocycles. The highest BCUT2D eigenvalue weighted by molar-refractivity contribution is 9.10. The Morgan fingerprint density at radius 2 is 0.878 bits per heavy atom. The third-order valence-corrected chi connectivity index (χ3v) is 8.25. The van der Waals surface area contributed by atoms with Crippen LogP contribution in [0.15, 0.2) is 89.4 Å². The van der Waals surface area contributed by atoms with Crippen LogP contribution in [-0.2, 0) is 10.4 Å². The van der Waals surface area contributed by atoms with Gasteiger partial charge in [0.1, 0.15) is 51.6 Å². The summed E-state index contributed by atoms with van der Waals surface area (Å²) in [5.41, 5.74) is 15.8. The molecule has 410 valence electrons. The average Bonchev–Trinajstić information content (AvgIpc) is 3.29. The standard InChI is InChI=1S/C8H8BrNO3.C8H6N2O3.C8H7NO5.C8H9NO3.C7H8N2O3.4CH4.H2O4S.H2O/c1-13-7-3-6(10)4(8(11)12)2-5(7)9;1-13-7-3-2-6(5-9)8(4-7)10(11)12;1-14-5-2-3-6(8(10)11)7(4-5)9(12)13;1-12-5-2-3-6(8(10)11)7(9)4-5;1-12-5-2-3-6(8)7(4-5)9(10)11;;;;;1-5(2,3)4;/h2-3H,10H2,1H3,(H,11,12);2-4H,1H3;2-4H,1H3,(H,10,11);2-4H,9H2,1H3,(H,10,11);2-4H,8H2,1H3;4*1H4;(H2,1,2,3,4);1H2. The first-order chi connectivity index (χ1) is 32.1. The van der Waals surface area contributed by atoms with Crippen LogP contribution in [0, 0.1) is 41.7 Å². The number of nitro benzene ring substituents is 3. The van der Waals surface area contributed by atoms with E-state index in [9.17, 15) is 44.7 Å². The number of carboxylic acid groups (broad SMARTS) is 3. The monoisotopic (exact) mass is 1140 g/mol. The summed E-state index contributed by atoms with van der Waals surface area (Å²) >= 11 is 3.17. The van der Waals surface area contributed by atoms with Gasteiger partial charge in [0.25, 0.3) is 17.1 Å². The number of ether oxygens (including phenoxy) is 5. The van der Waals surface area contributed by atoms with Gasteiger partial charge >= 0.3 is 28.3 Å². The molecule has 0 radical (unpaired) electrons. The number of hydrogen-bond donors (Lipinski definition) is 8. The number of carbonyl (C=O) groups is 3. The number of nitrogens with zero attached hydrogens (tertiary/aromatic N) is 4. The molecular formula is C43H58BrN7O22S. The molecule has 0 unspecified atom stereocenters. The fraction of sp³-hybridized carbons (Fsp3) is 0.209. The third-order valence-electron chi connectivity index (χ3n) is 7.63. The van der Waals surface area contributed by atoms with Crippen molar-refractivity contribution in [1.29, 1.82) is 5.26 Å². The summed E-state index contributed by atoms with van der Waals surface area (Å²) in [6.07, 6.45) is 0. The second kappa shape index (κ2) is 36.8. The molecule has 0 aliphatic heterocycles. The number of benzene rings is 5. The van der Waals surface area contributed by atoms with E-state index in [1.807, 2.05) is 0 Å². The summed E-state index contributed by atoms with van der Waals surface area (Å²) in [6, 6.07) is 21.0. The number of carboxylic acids is 3. The number of hydrogen-bond acceptors (Lipinski definition) is 20. The van der Waals surface area contributed by atoms with E-state index >= 15 is 0 Å². The molecule has 29 nitrogen and oxygen atoms in total. The topological polar surface area (TPSA) is 495 Å². The summed E-state index contributed by atoms with van der Waals surface area (Å²) < 4.78 is 56.3. The number of nitrogen functional groups attached to an aromatic ring is 3.